The van der Waals surface area contributed by atoms with Gasteiger partial charge in [-0.25, -0.2) is 8.78 Å². The summed E-state index contributed by atoms with van der Waals surface area (Å²) < 4.78 is 44.7. The molecule has 1 aliphatic carbocycles. The highest BCUT2D eigenvalue weighted by Crippen LogP contribution is 2.52. The Morgan fingerprint density at radius 3 is 2.59 bits per heavy atom. The third-order valence-corrected chi connectivity index (χ3v) is 8.21. The molecule has 1 fully saturated rings. The Balaban J connectivity index is 1.51. The maximum Gasteiger partial charge on any atom is 0.278 e. The number of amides is 1. The van der Waals surface area contributed by atoms with Crippen LogP contribution in [0.15, 0.2) is 82.1 Å². The molecule has 0 spiro atoms. The molecule has 41 heavy (non-hydrogen) atoms. The molecule has 1 saturated heterocycles. The molecule has 0 unspecified atom stereocenters. The first-order valence-corrected chi connectivity index (χ1v) is 13.2. The monoisotopic (exact) mass is 553 g/mol. The summed E-state index contributed by atoms with van der Waals surface area (Å²) in [5, 5.41) is 13.2. The predicted octanol–water partition coefficient (Wildman–Crippen LogP) is 4.77. The molecular formula is C31H21F2N3O5. The number of aromatic hydroxyl groups is 1. The SMILES string of the molecule is O=C1c2c(O)c(=O)ccn2N([C@@H]2c3ccccc3-c3oc4ccccc4c3-c3c2ccc(F)c3F)[C@@H]2COCCN12. The van der Waals surface area contributed by atoms with Crippen LogP contribution in [0.1, 0.15) is 27.7 Å². The maximum atomic E-state index is 16.1. The fraction of sp³-hybridized carbons (Fsp3) is 0.161. The van der Waals surface area contributed by atoms with Crippen molar-refractivity contribution < 1.29 is 27.8 Å². The van der Waals surface area contributed by atoms with Crippen LogP contribution in [0.3, 0.4) is 0 Å². The van der Waals surface area contributed by atoms with Gasteiger partial charge in [-0.3, -0.25) is 19.3 Å². The van der Waals surface area contributed by atoms with E-state index in [1.54, 1.807) is 17.1 Å². The number of morpholine rings is 1. The van der Waals surface area contributed by atoms with Crippen molar-refractivity contribution in [1.29, 1.82) is 0 Å². The van der Waals surface area contributed by atoms with Crippen LogP contribution in [0.2, 0.25) is 0 Å². The maximum absolute atomic E-state index is 16.1. The Hall–Kier alpha value is -4.96. The van der Waals surface area contributed by atoms with Crippen LogP contribution in [0.25, 0.3) is 33.4 Å². The number of para-hydroxylation sites is 1. The van der Waals surface area contributed by atoms with Crippen molar-refractivity contribution in [2.75, 3.05) is 24.8 Å². The molecule has 2 aliphatic heterocycles. The molecule has 0 saturated carbocycles. The molecule has 5 aromatic rings. The molecule has 1 N–H and O–H groups in total. The van der Waals surface area contributed by atoms with Crippen molar-refractivity contribution in [2.24, 2.45) is 0 Å². The number of aromatic nitrogens is 1. The summed E-state index contributed by atoms with van der Waals surface area (Å²) in [5.74, 6) is -2.85. The van der Waals surface area contributed by atoms with Gasteiger partial charge < -0.3 is 19.2 Å². The van der Waals surface area contributed by atoms with Crippen molar-refractivity contribution in [3.8, 4) is 28.2 Å². The first kappa shape index (κ1) is 23.9. The van der Waals surface area contributed by atoms with Crippen molar-refractivity contribution in [1.82, 2.24) is 9.58 Å². The molecule has 3 aromatic carbocycles. The summed E-state index contributed by atoms with van der Waals surface area (Å²) in [5.41, 5.74) is 1.87. The van der Waals surface area contributed by atoms with Gasteiger partial charge in [0.15, 0.2) is 23.1 Å². The number of fused-ring (bicyclic) bond motifs is 9. The van der Waals surface area contributed by atoms with E-state index < -0.39 is 40.9 Å². The molecular weight excluding hydrogens is 532 g/mol. The van der Waals surface area contributed by atoms with Crippen molar-refractivity contribution in [3.63, 3.8) is 0 Å². The van der Waals surface area contributed by atoms with Crippen LogP contribution in [0.5, 0.6) is 5.75 Å². The number of hydrogen-bond donors (Lipinski definition) is 1. The number of nitrogens with zero attached hydrogens (tertiary/aromatic N) is 3. The van der Waals surface area contributed by atoms with E-state index in [2.05, 4.69) is 0 Å². The number of pyridine rings is 1. The Bertz CT molecular complexity index is 1980. The minimum Gasteiger partial charge on any atom is -0.502 e. The molecule has 2 atom stereocenters. The van der Waals surface area contributed by atoms with E-state index in [-0.39, 0.29) is 31.0 Å². The molecule has 0 bridgehead atoms. The normalized spacial score (nSPS) is 19.2. The van der Waals surface area contributed by atoms with E-state index in [9.17, 15) is 14.7 Å². The lowest BCUT2D eigenvalue weighted by Crippen LogP contribution is -2.66. The van der Waals surface area contributed by atoms with Crippen LogP contribution >= 0.6 is 0 Å². The standard InChI is InChI=1S/C31H21F2N3O5/c32-20-10-9-19-24(26(20)33)25-18-7-3-4-8-22(18)41-30(25)17-6-2-1-5-16(17)27(19)36-23-15-40-14-13-34(23)31(39)28-29(38)21(37)11-12-35(28)36/h1-12,23,27,38H,13-15H2/t23-,27-/m1/s1. The van der Waals surface area contributed by atoms with Gasteiger partial charge in [-0.1, -0.05) is 48.5 Å². The molecule has 4 heterocycles. The Morgan fingerprint density at radius 1 is 0.902 bits per heavy atom. The molecule has 2 aromatic heterocycles. The van der Waals surface area contributed by atoms with Gasteiger partial charge in [0.25, 0.3) is 5.91 Å². The number of hydrogen-bond acceptors (Lipinski definition) is 6. The number of benzene rings is 3. The number of ether oxygens (including phenoxy) is 1. The van der Waals surface area contributed by atoms with E-state index in [0.29, 0.717) is 39.0 Å². The third-order valence-electron chi connectivity index (χ3n) is 8.21. The molecule has 204 valence electrons. The van der Waals surface area contributed by atoms with E-state index in [1.807, 2.05) is 42.5 Å². The van der Waals surface area contributed by atoms with Gasteiger partial charge >= 0.3 is 0 Å². The van der Waals surface area contributed by atoms with Crippen LogP contribution in [0, 0.1) is 11.6 Å². The predicted molar refractivity (Wildman–Crippen MR) is 145 cm³/mol. The highest BCUT2D eigenvalue weighted by atomic mass is 19.2. The topological polar surface area (TPSA) is 88.2 Å². The van der Waals surface area contributed by atoms with Crippen molar-refractivity contribution in [2.45, 2.75) is 12.2 Å². The number of rotatable bonds is 1. The summed E-state index contributed by atoms with van der Waals surface area (Å²) in [7, 11) is 0. The summed E-state index contributed by atoms with van der Waals surface area (Å²) in [6.45, 7) is 0.598. The molecule has 10 heteroatoms. The molecule has 3 aliphatic rings. The van der Waals surface area contributed by atoms with Gasteiger partial charge in [-0.15, -0.1) is 0 Å². The second-order valence-corrected chi connectivity index (χ2v) is 10.3. The molecule has 8 rings (SSSR count). The van der Waals surface area contributed by atoms with Crippen LogP contribution < -0.4 is 10.4 Å². The second kappa shape index (κ2) is 8.52. The number of carbonyl (C=O) groups excluding carboxylic acids is 1. The zero-order valence-electron chi connectivity index (χ0n) is 21.4. The first-order chi connectivity index (χ1) is 20.0. The lowest BCUT2D eigenvalue weighted by molar-refractivity contribution is -0.0196. The zero-order chi connectivity index (χ0) is 28.0. The van der Waals surface area contributed by atoms with Crippen molar-refractivity contribution in [3.05, 3.63) is 112 Å². The summed E-state index contributed by atoms with van der Waals surface area (Å²) in [4.78, 5) is 27.6. The molecule has 0 radical (unpaired) electrons. The van der Waals surface area contributed by atoms with Gasteiger partial charge in [0.05, 0.1) is 19.3 Å². The second-order valence-electron chi connectivity index (χ2n) is 10.3. The van der Waals surface area contributed by atoms with Gasteiger partial charge in [0.1, 0.15) is 17.5 Å². The lowest BCUT2D eigenvalue weighted by atomic mass is 9.91. The summed E-state index contributed by atoms with van der Waals surface area (Å²) in [6.07, 6.45) is 0.729. The van der Waals surface area contributed by atoms with Gasteiger partial charge in [-0.05, 0) is 23.3 Å². The van der Waals surface area contributed by atoms with E-state index in [1.165, 1.54) is 21.8 Å². The summed E-state index contributed by atoms with van der Waals surface area (Å²) in [6, 6.07) is 17.6. The molecule has 8 nitrogen and oxygen atoms in total. The zero-order valence-corrected chi connectivity index (χ0v) is 21.4. The quantitative estimate of drug-likeness (QED) is 0.322. The minimum absolute atomic E-state index is 0.0399. The van der Waals surface area contributed by atoms with Crippen LogP contribution in [0.4, 0.5) is 8.78 Å². The third kappa shape index (κ3) is 3.16. The smallest absolute Gasteiger partial charge is 0.278 e. The van der Waals surface area contributed by atoms with Crippen LogP contribution in [-0.4, -0.2) is 46.5 Å². The van der Waals surface area contributed by atoms with Crippen molar-refractivity contribution >= 4 is 16.9 Å². The Kier molecular flexibility index (Phi) is 4.96. The summed E-state index contributed by atoms with van der Waals surface area (Å²) >= 11 is 0. The minimum atomic E-state index is -1.03. The number of halogens is 2. The van der Waals surface area contributed by atoms with E-state index in [4.69, 9.17) is 9.15 Å². The van der Waals surface area contributed by atoms with Crippen LogP contribution in [-0.2, 0) is 4.74 Å². The first-order valence-electron chi connectivity index (χ1n) is 13.2. The van der Waals surface area contributed by atoms with E-state index >= 15 is 8.78 Å². The number of carbonyl (C=O) groups is 1. The highest BCUT2D eigenvalue weighted by Gasteiger charge is 2.47. The fourth-order valence-electron chi connectivity index (χ4n) is 6.46. The Morgan fingerprint density at radius 2 is 1.71 bits per heavy atom. The highest BCUT2D eigenvalue weighted by molar-refractivity contribution is 6.04. The van der Waals surface area contributed by atoms with Gasteiger partial charge in [0, 0.05) is 40.9 Å². The van der Waals surface area contributed by atoms with E-state index in [0.717, 1.165) is 6.07 Å². The van der Waals surface area contributed by atoms with Gasteiger partial charge in [0.2, 0.25) is 5.43 Å². The average Bonchev–Trinajstić information content (AvgIpc) is 3.32. The van der Waals surface area contributed by atoms with Gasteiger partial charge in [-0.2, -0.15) is 0 Å². The Labute approximate surface area is 231 Å². The lowest BCUT2D eigenvalue weighted by Gasteiger charge is -2.51. The molecule has 1 amide bonds. The largest absolute Gasteiger partial charge is 0.502 e. The fourth-order valence-corrected chi connectivity index (χ4v) is 6.46. The average molecular weight is 554 g/mol. The number of furan rings is 1.